The summed E-state index contributed by atoms with van der Waals surface area (Å²) in [5, 5.41) is 8.81. The Bertz CT molecular complexity index is 442. The van der Waals surface area contributed by atoms with Crippen molar-refractivity contribution in [2.24, 2.45) is 0 Å². The Morgan fingerprint density at radius 2 is 1.80 bits per heavy atom. The summed E-state index contributed by atoms with van der Waals surface area (Å²) in [5.74, 6) is 0.574. The van der Waals surface area contributed by atoms with Crippen LogP contribution >= 0.6 is 11.6 Å². The lowest BCUT2D eigenvalue weighted by Crippen LogP contribution is -2.38. The molecule has 8 heteroatoms. The van der Waals surface area contributed by atoms with Crippen LogP contribution in [0.5, 0.6) is 0 Å². The zero-order valence-corrected chi connectivity index (χ0v) is 12.8. The predicted octanol–water partition coefficient (Wildman–Crippen LogP) is 1.67. The van der Waals surface area contributed by atoms with Crippen LogP contribution in [0.3, 0.4) is 0 Å². The fourth-order valence-electron chi connectivity index (χ4n) is 1.39. The standard InChI is InChI=1S/C12H21ClN6O/c1-4-6-14-9(20)8(3)16-12-18-10(13)17-11(19-12)15-7-5-2/h8H,4-7H2,1-3H3,(H,14,20)(H2,15,16,17,18,19). The van der Waals surface area contributed by atoms with Crippen molar-refractivity contribution in [1.82, 2.24) is 20.3 Å². The van der Waals surface area contributed by atoms with Gasteiger partial charge in [0.25, 0.3) is 0 Å². The van der Waals surface area contributed by atoms with Gasteiger partial charge in [-0.2, -0.15) is 15.0 Å². The van der Waals surface area contributed by atoms with Crippen molar-refractivity contribution in [3.8, 4) is 0 Å². The van der Waals surface area contributed by atoms with Crippen molar-refractivity contribution < 1.29 is 4.79 Å². The van der Waals surface area contributed by atoms with Gasteiger partial charge in [0, 0.05) is 13.1 Å². The second kappa shape index (κ2) is 8.52. The number of nitrogens with zero attached hydrogens (tertiary/aromatic N) is 3. The summed E-state index contributed by atoms with van der Waals surface area (Å²) in [4.78, 5) is 23.8. The van der Waals surface area contributed by atoms with Crippen molar-refractivity contribution in [2.75, 3.05) is 23.7 Å². The lowest BCUT2D eigenvalue weighted by Gasteiger charge is -2.14. The number of hydrogen-bond donors (Lipinski definition) is 3. The van der Waals surface area contributed by atoms with Crippen LogP contribution in [-0.4, -0.2) is 40.0 Å². The summed E-state index contributed by atoms with van der Waals surface area (Å²) in [6.07, 6.45) is 1.84. The number of amides is 1. The van der Waals surface area contributed by atoms with Crippen LogP contribution in [0.25, 0.3) is 0 Å². The lowest BCUT2D eigenvalue weighted by molar-refractivity contribution is -0.121. The number of rotatable bonds is 8. The maximum Gasteiger partial charge on any atom is 0.242 e. The van der Waals surface area contributed by atoms with Crippen LogP contribution < -0.4 is 16.0 Å². The number of halogens is 1. The van der Waals surface area contributed by atoms with E-state index in [0.29, 0.717) is 12.5 Å². The monoisotopic (exact) mass is 300 g/mol. The summed E-state index contributed by atoms with van der Waals surface area (Å²) in [6.45, 7) is 7.16. The molecule has 1 unspecified atom stereocenters. The van der Waals surface area contributed by atoms with Crippen molar-refractivity contribution in [1.29, 1.82) is 0 Å². The van der Waals surface area contributed by atoms with Gasteiger partial charge in [-0.1, -0.05) is 13.8 Å². The summed E-state index contributed by atoms with van der Waals surface area (Å²) < 4.78 is 0. The second-order valence-corrected chi connectivity index (χ2v) is 4.67. The van der Waals surface area contributed by atoms with Crippen LogP contribution in [0, 0.1) is 0 Å². The average molecular weight is 301 g/mol. The van der Waals surface area contributed by atoms with E-state index in [-0.39, 0.29) is 17.1 Å². The first-order valence-electron chi connectivity index (χ1n) is 6.76. The van der Waals surface area contributed by atoms with Gasteiger partial charge < -0.3 is 16.0 Å². The third-order valence-electron chi connectivity index (χ3n) is 2.43. The summed E-state index contributed by atoms with van der Waals surface area (Å²) in [7, 11) is 0. The van der Waals surface area contributed by atoms with Crippen LogP contribution in [0.4, 0.5) is 11.9 Å². The van der Waals surface area contributed by atoms with E-state index >= 15 is 0 Å². The molecule has 20 heavy (non-hydrogen) atoms. The molecule has 1 heterocycles. The van der Waals surface area contributed by atoms with E-state index in [4.69, 9.17) is 11.6 Å². The Labute approximate surface area is 123 Å². The van der Waals surface area contributed by atoms with Gasteiger partial charge in [0.2, 0.25) is 23.1 Å². The van der Waals surface area contributed by atoms with Crippen molar-refractivity contribution in [3.63, 3.8) is 0 Å². The van der Waals surface area contributed by atoms with E-state index in [9.17, 15) is 4.79 Å². The number of nitrogens with one attached hydrogen (secondary N) is 3. The Morgan fingerprint density at radius 1 is 1.15 bits per heavy atom. The molecule has 0 aliphatic heterocycles. The Hall–Kier alpha value is -1.63. The summed E-state index contributed by atoms with van der Waals surface area (Å²) in [6, 6.07) is -0.445. The normalized spacial score (nSPS) is 11.8. The van der Waals surface area contributed by atoms with Crippen molar-refractivity contribution >= 4 is 29.4 Å². The SMILES string of the molecule is CCCNC(=O)C(C)Nc1nc(Cl)nc(NCCC)n1. The molecule has 3 N–H and O–H groups in total. The summed E-state index contributed by atoms with van der Waals surface area (Å²) in [5.41, 5.74) is 0. The van der Waals surface area contributed by atoms with Gasteiger partial charge in [0.15, 0.2) is 0 Å². The van der Waals surface area contributed by atoms with Crippen molar-refractivity contribution in [2.45, 2.75) is 39.7 Å². The number of hydrogen-bond acceptors (Lipinski definition) is 6. The minimum atomic E-state index is -0.445. The van der Waals surface area contributed by atoms with Gasteiger partial charge in [-0.3, -0.25) is 4.79 Å². The van der Waals surface area contributed by atoms with E-state index in [1.165, 1.54) is 0 Å². The van der Waals surface area contributed by atoms with Gasteiger partial charge in [0.05, 0.1) is 0 Å². The molecule has 0 aliphatic carbocycles. The minimum Gasteiger partial charge on any atom is -0.354 e. The molecule has 0 saturated carbocycles. The average Bonchev–Trinajstić information content (AvgIpc) is 2.41. The van der Waals surface area contributed by atoms with Gasteiger partial charge in [0.1, 0.15) is 6.04 Å². The number of anilines is 2. The number of aromatic nitrogens is 3. The molecule has 0 fully saturated rings. The van der Waals surface area contributed by atoms with Gasteiger partial charge in [-0.15, -0.1) is 0 Å². The van der Waals surface area contributed by atoms with Crippen LogP contribution in [0.15, 0.2) is 0 Å². The highest BCUT2D eigenvalue weighted by atomic mass is 35.5. The van der Waals surface area contributed by atoms with Crippen LogP contribution in [0.1, 0.15) is 33.6 Å². The molecule has 1 rings (SSSR count). The fraction of sp³-hybridized carbons (Fsp3) is 0.667. The highest BCUT2D eigenvalue weighted by molar-refractivity contribution is 6.28. The van der Waals surface area contributed by atoms with E-state index in [0.717, 1.165) is 19.4 Å². The third kappa shape index (κ3) is 5.56. The maximum absolute atomic E-state index is 11.8. The quantitative estimate of drug-likeness (QED) is 0.676. The number of carbonyl (C=O) groups is 1. The van der Waals surface area contributed by atoms with E-state index in [1.807, 2.05) is 13.8 Å². The molecule has 1 atom stereocenters. The first-order valence-corrected chi connectivity index (χ1v) is 7.14. The molecular weight excluding hydrogens is 280 g/mol. The summed E-state index contributed by atoms with van der Waals surface area (Å²) >= 11 is 5.83. The van der Waals surface area contributed by atoms with Gasteiger partial charge >= 0.3 is 0 Å². The molecule has 112 valence electrons. The van der Waals surface area contributed by atoms with Crippen LogP contribution in [0.2, 0.25) is 5.28 Å². The molecule has 0 bridgehead atoms. The van der Waals surface area contributed by atoms with E-state index in [1.54, 1.807) is 6.92 Å². The maximum atomic E-state index is 11.8. The zero-order chi connectivity index (χ0) is 15.0. The predicted molar refractivity (Wildman–Crippen MR) is 80.0 cm³/mol. The molecule has 0 saturated heterocycles. The molecular formula is C12H21ClN6O. The topological polar surface area (TPSA) is 91.8 Å². The zero-order valence-electron chi connectivity index (χ0n) is 12.0. The van der Waals surface area contributed by atoms with E-state index in [2.05, 4.69) is 30.9 Å². The minimum absolute atomic E-state index is 0.0854. The molecule has 1 aromatic heterocycles. The molecule has 0 aliphatic rings. The van der Waals surface area contributed by atoms with Crippen LogP contribution in [-0.2, 0) is 4.79 Å². The molecule has 0 spiro atoms. The molecule has 7 nitrogen and oxygen atoms in total. The molecule has 1 aromatic rings. The lowest BCUT2D eigenvalue weighted by atomic mass is 10.3. The first kappa shape index (κ1) is 16.4. The highest BCUT2D eigenvalue weighted by Gasteiger charge is 2.14. The third-order valence-corrected chi connectivity index (χ3v) is 2.60. The largest absolute Gasteiger partial charge is 0.354 e. The smallest absolute Gasteiger partial charge is 0.242 e. The first-order chi connectivity index (χ1) is 9.56. The van der Waals surface area contributed by atoms with Crippen molar-refractivity contribution in [3.05, 3.63) is 5.28 Å². The van der Waals surface area contributed by atoms with Gasteiger partial charge in [-0.25, -0.2) is 0 Å². The van der Waals surface area contributed by atoms with E-state index < -0.39 is 6.04 Å². The Kier molecular flexibility index (Phi) is 7.00. The Morgan fingerprint density at radius 3 is 2.45 bits per heavy atom. The fourth-order valence-corrected chi connectivity index (χ4v) is 1.55. The molecule has 0 aromatic carbocycles. The van der Waals surface area contributed by atoms with Gasteiger partial charge in [-0.05, 0) is 31.4 Å². The Balaban J connectivity index is 2.66. The molecule has 1 amide bonds. The highest BCUT2D eigenvalue weighted by Crippen LogP contribution is 2.10. The second-order valence-electron chi connectivity index (χ2n) is 4.34. The molecule has 0 radical (unpaired) electrons. The number of carbonyl (C=O) groups excluding carboxylic acids is 1.